The molecule has 0 amide bonds. The van der Waals surface area contributed by atoms with Crippen LogP contribution < -0.4 is 4.57 Å². The maximum atomic E-state index is 2.38. The normalized spacial score (nSPS) is 13.1. The van der Waals surface area contributed by atoms with Gasteiger partial charge in [0.15, 0.2) is 0 Å². The molecule has 92 valence electrons. The second-order valence-corrected chi connectivity index (χ2v) is 6.97. The number of imidazole rings is 1. The molecule has 0 aliphatic rings. The van der Waals surface area contributed by atoms with E-state index in [1.54, 1.807) is 0 Å². The van der Waals surface area contributed by atoms with Crippen molar-refractivity contribution in [1.29, 1.82) is 0 Å². The van der Waals surface area contributed by atoms with Crippen LogP contribution in [0.3, 0.4) is 0 Å². The first kappa shape index (κ1) is 13.3. The first-order valence-corrected chi connectivity index (χ1v) is 6.19. The third kappa shape index (κ3) is 4.82. The Labute approximate surface area is 100 Å². The predicted molar refractivity (Wildman–Crippen MR) is 68.1 cm³/mol. The first-order valence-electron chi connectivity index (χ1n) is 6.19. The first-order chi connectivity index (χ1) is 7.18. The molecule has 1 heterocycles. The molecule has 0 saturated carbocycles. The Morgan fingerprint density at radius 1 is 1.12 bits per heavy atom. The molecule has 0 aromatic carbocycles. The lowest BCUT2D eigenvalue weighted by Crippen LogP contribution is -2.25. The summed E-state index contributed by atoms with van der Waals surface area (Å²) in [5.74, 6) is 0. The molecule has 1 aromatic heterocycles. The molecule has 0 fully saturated rings. The van der Waals surface area contributed by atoms with E-state index >= 15 is 0 Å². The third-order valence-corrected chi connectivity index (χ3v) is 2.88. The van der Waals surface area contributed by atoms with E-state index < -0.39 is 0 Å². The maximum Gasteiger partial charge on any atom is 0.243 e. The highest BCUT2D eigenvalue weighted by molar-refractivity contribution is 4.77. The van der Waals surface area contributed by atoms with E-state index in [0.29, 0.717) is 10.8 Å². The van der Waals surface area contributed by atoms with E-state index in [4.69, 9.17) is 0 Å². The maximum absolute atomic E-state index is 2.38. The van der Waals surface area contributed by atoms with Gasteiger partial charge in [-0.3, -0.25) is 0 Å². The molecule has 0 aliphatic heterocycles. The van der Waals surface area contributed by atoms with Gasteiger partial charge < -0.3 is 0 Å². The zero-order valence-electron chi connectivity index (χ0n) is 11.7. The number of aromatic nitrogens is 2. The van der Waals surface area contributed by atoms with Crippen molar-refractivity contribution in [1.82, 2.24) is 4.57 Å². The lowest BCUT2D eigenvalue weighted by atomic mass is 9.74. The summed E-state index contributed by atoms with van der Waals surface area (Å²) in [5, 5.41) is 0. The van der Waals surface area contributed by atoms with Crippen molar-refractivity contribution in [3.8, 4) is 0 Å². The summed E-state index contributed by atoms with van der Waals surface area (Å²) in [7, 11) is 2.07. The van der Waals surface area contributed by atoms with Gasteiger partial charge >= 0.3 is 0 Å². The topological polar surface area (TPSA) is 8.81 Å². The van der Waals surface area contributed by atoms with Crippen molar-refractivity contribution in [3.63, 3.8) is 0 Å². The highest BCUT2D eigenvalue weighted by Crippen LogP contribution is 2.35. The van der Waals surface area contributed by atoms with Gasteiger partial charge in [0, 0.05) is 0 Å². The molecule has 16 heavy (non-hydrogen) atoms. The van der Waals surface area contributed by atoms with Gasteiger partial charge in [0.05, 0.1) is 13.6 Å². The second-order valence-electron chi connectivity index (χ2n) is 6.97. The van der Waals surface area contributed by atoms with Crippen molar-refractivity contribution in [3.05, 3.63) is 18.7 Å². The Balaban J connectivity index is 2.47. The quantitative estimate of drug-likeness (QED) is 0.693. The van der Waals surface area contributed by atoms with Crippen LogP contribution in [-0.2, 0) is 13.6 Å². The molecular formula is C14H27N2+. The zero-order chi connectivity index (χ0) is 12.4. The van der Waals surface area contributed by atoms with Gasteiger partial charge in [-0.05, 0) is 23.7 Å². The molecule has 2 nitrogen and oxygen atoms in total. The molecule has 0 N–H and O–H groups in total. The van der Waals surface area contributed by atoms with Gasteiger partial charge in [0.25, 0.3) is 0 Å². The number of aryl methyl sites for hydroxylation is 2. The summed E-state index contributed by atoms with van der Waals surface area (Å²) >= 11 is 0. The average Bonchev–Trinajstić information content (AvgIpc) is 2.44. The van der Waals surface area contributed by atoms with Crippen molar-refractivity contribution in [2.24, 2.45) is 17.9 Å². The minimum atomic E-state index is 0.418. The van der Waals surface area contributed by atoms with E-state index in [1.807, 2.05) is 0 Å². The number of nitrogens with zero attached hydrogens (tertiary/aromatic N) is 2. The fourth-order valence-electron chi connectivity index (χ4n) is 2.59. The largest absolute Gasteiger partial charge is 0.243 e. The Morgan fingerprint density at radius 3 is 2.19 bits per heavy atom. The van der Waals surface area contributed by atoms with Crippen LogP contribution in [0.15, 0.2) is 18.7 Å². The van der Waals surface area contributed by atoms with Gasteiger partial charge in [0.2, 0.25) is 6.33 Å². The summed E-state index contributed by atoms with van der Waals surface area (Å²) < 4.78 is 4.36. The standard InChI is InChI=1S/C14H27N2/c1-13(2,3)11-14(4,5)7-8-16-10-9-15(6)12-16/h9-10,12H,7-8,11H2,1-6H3/q+1. The van der Waals surface area contributed by atoms with Crippen LogP contribution in [0.5, 0.6) is 0 Å². The number of hydrogen-bond acceptors (Lipinski definition) is 0. The Hall–Kier alpha value is -0.790. The lowest BCUT2D eigenvalue weighted by Gasteiger charge is -2.31. The van der Waals surface area contributed by atoms with Crippen LogP contribution in [0, 0.1) is 10.8 Å². The van der Waals surface area contributed by atoms with Gasteiger partial charge in [0.1, 0.15) is 12.4 Å². The summed E-state index contributed by atoms with van der Waals surface area (Å²) in [4.78, 5) is 0. The number of hydrogen-bond donors (Lipinski definition) is 0. The van der Waals surface area contributed by atoms with Crippen molar-refractivity contribution < 1.29 is 4.57 Å². The Kier molecular flexibility index (Phi) is 3.82. The summed E-state index contributed by atoms with van der Waals surface area (Å²) in [6, 6.07) is 0. The van der Waals surface area contributed by atoms with Crippen molar-refractivity contribution >= 4 is 0 Å². The SMILES string of the molecule is C[n+]1ccn(CCC(C)(C)CC(C)(C)C)c1. The average molecular weight is 223 g/mol. The molecule has 0 spiro atoms. The smallest absolute Gasteiger partial charge is 0.240 e. The predicted octanol–water partition coefficient (Wildman–Crippen LogP) is 3.17. The molecule has 1 rings (SSSR count). The van der Waals surface area contributed by atoms with Crippen LogP contribution >= 0.6 is 0 Å². The van der Waals surface area contributed by atoms with Gasteiger partial charge in [-0.15, -0.1) is 0 Å². The van der Waals surface area contributed by atoms with Crippen LogP contribution in [0.25, 0.3) is 0 Å². The fourth-order valence-corrected chi connectivity index (χ4v) is 2.59. The molecule has 0 unspecified atom stereocenters. The van der Waals surface area contributed by atoms with E-state index in [2.05, 4.69) is 69.5 Å². The molecule has 0 atom stereocenters. The second kappa shape index (κ2) is 4.60. The van der Waals surface area contributed by atoms with E-state index in [1.165, 1.54) is 12.8 Å². The minimum Gasteiger partial charge on any atom is -0.240 e. The molecular weight excluding hydrogens is 196 g/mol. The van der Waals surface area contributed by atoms with Crippen LogP contribution in [-0.4, -0.2) is 4.57 Å². The van der Waals surface area contributed by atoms with Gasteiger partial charge in [-0.2, -0.15) is 0 Å². The molecule has 1 aromatic rings. The molecule has 0 saturated heterocycles. The summed E-state index contributed by atoms with van der Waals surface area (Å²) in [6.07, 6.45) is 8.89. The monoisotopic (exact) mass is 223 g/mol. The summed E-state index contributed by atoms with van der Waals surface area (Å²) in [6.45, 7) is 12.8. The van der Waals surface area contributed by atoms with Crippen LogP contribution in [0.4, 0.5) is 0 Å². The summed E-state index contributed by atoms with van der Waals surface area (Å²) in [5.41, 5.74) is 0.839. The molecule has 0 radical (unpaired) electrons. The van der Waals surface area contributed by atoms with Crippen LogP contribution in [0.1, 0.15) is 47.5 Å². The highest BCUT2D eigenvalue weighted by atomic mass is 15.1. The third-order valence-electron chi connectivity index (χ3n) is 2.88. The molecule has 2 heteroatoms. The van der Waals surface area contributed by atoms with E-state index in [9.17, 15) is 0 Å². The van der Waals surface area contributed by atoms with Gasteiger partial charge in [-0.1, -0.05) is 34.6 Å². The minimum absolute atomic E-state index is 0.418. The Bertz CT molecular complexity index is 329. The zero-order valence-corrected chi connectivity index (χ0v) is 11.7. The fraction of sp³-hybridized carbons (Fsp3) is 0.786. The van der Waals surface area contributed by atoms with Gasteiger partial charge in [-0.25, -0.2) is 9.13 Å². The van der Waals surface area contributed by atoms with Crippen molar-refractivity contribution in [2.45, 2.75) is 54.0 Å². The number of rotatable bonds is 4. The highest BCUT2D eigenvalue weighted by Gasteiger charge is 2.25. The lowest BCUT2D eigenvalue weighted by molar-refractivity contribution is -0.671. The molecule has 0 bridgehead atoms. The van der Waals surface area contributed by atoms with Crippen LogP contribution in [0.2, 0.25) is 0 Å². The van der Waals surface area contributed by atoms with Crippen molar-refractivity contribution in [2.75, 3.05) is 0 Å². The Morgan fingerprint density at radius 2 is 1.75 bits per heavy atom. The van der Waals surface area contributed by atoms with E-state index in [-0.39, 0.29) is 0 Å². The van der Waals surface area contributed by atoms with E-state index in [0.717, 1.165) is 6.54 Å². The molecule has 0 aliphatic carbocycles.